The van der Waals surface area contributed by atoms with Gasteiger partial charge < -0.3 is 4.90 Å². The molecular formula is C24H22N2O3. The van der Waals surface area contributed by atoms with E-state index in [-0.39, 0.29) is 29.6 Å². The molecule has 0 radical (unpaired) electrons. The highest BCUT2D eigenvalue weighted by atomic mass is 16.2. The molecule has 2 aromatic carbocycles. The van der Waals surface area contributed by atoms with Gasteiger partial charge in [0.05, 0.1) is 17.5 Å². The highest BCUT2D eigenvalue weighted by molar-refractivity contribution is 6.22. The van der Waals surface area contributed by atoms with Gasteiger partial charge in [-0.1, -0.05) is 42.5 Å². The van der Waals surface area contributed by atoms with Gasteiger partial charge in [0, 0.05) is 18.7 Å². The summed E-state index contributed by atoms with van der Waals surface area (Å²) in [4.78, 5) is 41.9. The minimum atomic E-state index is -0.273. The lowest BCUT2D eigenvalue weighted by Crippen LogP contribution is -2.36. The Kier molecular flexibility index (Phi) is 4.31. The van der Waals surface area contributed by atoms with Crippen molar-refractivity contribution in [3.63, 3.8) is 0 Å². The summed E-state index contributed by atoms with van der Waals surface area (Å²) < 4.78 is 0. The van der Waals surface area contributed by atoms with Gasteiger partial charge in [-0.15, -0.1) is 0 Å². The second kappa shape index (κ2) is 6.99. The van der Waals surface area contributed by atoms with Gasteiger partial charge >= 0.3 is 0 Å². The number of carbonyl (C=O) groups is 3. The monoisotopic (exact) mass is 386 g/mol. The average molecular weight is 386 g/mol. The molecule has 5 rings (SSSR count). The van der Waals surface area contributed by atoms with Crippen LogP contribution in [-0.2, 0) is 22.6 Å². The number of amides is 3. The van der Waals surface area contributed by atoms with E-state index in [9.17, 15) is 14.4 Å². The van der Waals surface area contributed by atoms with Crippen LogP contribution in [-0.4, -0.2) is 29.2 Å². The highest BCUT2D eigenvalue weighted by Gasteiger charge is 2.47. The van der Waals surface area contributed by atoms with Crippen LogP contribution >= 0.6 is 0 Å². The first-order valence-electron chi connectivity index (χ1n) is 10.1. The number of imide groups is 1. The molecule has 2 heterocycles. The number of carbonyl (C=O) groups excluding carboxylic acids is 3. The van der Waals surface area contributed by atoms with Crippen LogP contribution in [0.3, 0.4) is 0 Å². The summed E-state index contributed by atoms with van der Waals surface area (Å²) in [6.45, 7) is 1.24. The van der Waals surface area contributed by atoms with Crippen molar-refractivity contribution in [3.8, 4) is 0 Å². The molecule has 0 bridgehead atoms. The molecule has 3 aliphatic rings. The van der Waals surface area contributed by atoms with E-state index in [4.69, 9.17) is 0 Å². The van der Waals surface area contributed by atoms with Gasteiger partial charge in [-0.25, -0.2) is 0 Å². The third-order valence-electron chi connectivity index (χ3n) is 6.28. The Bertz CT molecular complexity index is 1020. The predicted octanol–water partition coefficient (Wildman–Crippen LogP) is 3.34. The zero-order valence-electron chi connectivity index (χ0n) is 16.1. The predicted molar refractivity (Wildman–Crippen MR) is 109 cm³/mol. The fourth-order valence-electron chi connectivity index (χ4n) is 4.68. The summed E-state index contributed by atoms with van der Waals surface area (Å²) in [6.07, 6.45) is 6.00. The van der Waals surface area contributed by atoms with Gasteiger partial charge in [0.1, 0.15) is 0 Å². The lowest BCUT2D eigenvalue weighted by Gasteiger charge is -2.29. The second-order valence-corrected chi connectivity index (χ2v) is 7.96. The molecule has 0 N–H and O–H groups in total. The van der Waals surface area contributed by atoms with Crippen LogP contribution in [0.1, 0.15) is 34.3 Å². The molecule has 2 aliphatic heterocycles. The normalized spacial score (nSPS) is 23.2. The topological polar surface area (TPSA) is 57.7 Å². The molecule has 0 spiro atoms. The van der Waals surface area contributed by atoms with Crippen molar-refractivity contribution in [1.29, 1.82) is 0 Å². The van der Waals surface area contributed by atoms with Crippen molar-refractivity contribution < 1.29 is 14.4 Å². The molecule has 0 saturated carbocycles. The summed E-state index contributed by atoms with van der Waals surface area (Å²) in [5, 5.41) is 0. The van der Waals surface area contributed by atoms with Crippen molar-refractivity contribution in [2.24, 2.45) is 11.8 Å². The second-order valence-electron chi connectivity index (χ2n) is 7.96. The van der Waals surface area contributed by atoms with E-state index in [1.54, 1.807) is 24.3 Å². The number of rotatable bonds is 2. The van der Waals surface area contributed by atoms with Crippen LogP contribution in [0.5, 0.6) is 0 Å². The summed E-state index contributed by atoms with van der Waals surface area (Å²) in [7, 11) is 0. The third-order valence-corrected chi connectivity index (χ3v) is 6.28. The molecule has 5 nitrogen and oxygen atoms in total. The van der Waals surface area contributed by atoms with Crippen LogP contribution in [0.2, 0.25) is 0 Å². The lowest BCUT2D eigenvalue weighted by atomic mass is 9.85. The molecule has 5 heteroatoms. The van der Waals surface area contributed by atoms with Gasteiger partial charge in [0.15, 0.2) is 0 Å². The van der Waals surface area contributed by atoms with Crippen molar-refractivity contribution in [2.75, 3.05) is 11.4 Å². The van der Waals surface area contributed by atoms with E-state index >= 15 is 0 Å². The first-order valence-corrected chi connectivity index (χ1v) is 10.1. The fourth-order valence-corrected chi connectivity index (χ4v) is 4.68. The number of nitrogens with zero attached hydrogens (tertiary/aromatic N) is 2. The summed E-state index contributed by atoms with van der Waals surface area (Å²) in [5.41, 5.74) is 3.47. The average Bonchev–Trinajstić information content (AvgIpc) is 3.03. The lowest BCUT2D eigenvalue weighted by molar-refractivity contribution is -0.122. The molecule has 1 saturated heterocycles. The van der Waals surface area contributed by atoms with Crippen LogP contribution in [0.4, 0.5) is 5.69 Å². The maximum absolute atomic E-state index is 13.1. The van der Waals surface area contributed by atoms with E-state index in [0.717, 1.165) is 6.42 Å². The molecule has 146 valence electrons. The van der Waals surface area contributed by atoms with Gasteiger partial charge in [-0.05, 0) is 48.6 Å². The van der Waals surface area contributed by atoms with Crippen molar-refractivity contribution in [2.45, 2.75) is 25.8 Å². The largest absolute Gasteiger partial charge is 0.334 e. The van der Waals surface area contributed by atoms with Gasteiger partial charge in [0.25, 0.3) is 5.91 Å². The quantitative estimate of drug-likeness (QED) is 0.588. The Hall–Kier alpha value is -3.21. The molecule has 1 fully saturated rings. The van der Waals surface area contributed by atoms with Gasteiger partial charge in [-0.2, -0.15) is 0 Å². The standard InChI is InChI=1S/C24H22N2O3/c27-22(25-13-12-16-6-1-2-7-18(16)15-25)17-8-5-9-19(14-17)26-23(28)20-10-3-4-11-21(20)24(26)29/h1-9,14,20-21H,10-13,15H2/t20-,21-/m1/s1. The smallest absolute Gasteiger partial charge is 0.254 e. The first kappa shape index (κ1) is 17.9. The van der Waals surface area contributed by atoms with E-state index in [1.807, 2.05) is 29.2 Å². The number of fused-ring (bicyclic) bond motifs is 2. The Balaban J connectivity index is 1.40. The fraction of sp³-hybridized carbons (Fsp3) is 0.292. The maximum atomic E-state index is 13.1. The van der Waals surface area contributed by atoms with Crippen LogP contribution in [0.15, 0.2) is 60.7 Å². The Morgan fingerprint density at radius 1 is 0.862 bits per heavy atom. The van der Waals surface area contributed by atoms with Gasteiger partial charge in [-0.3, -0.25) is 19.3 Å². The molecule has 0 aromatic heterocycles. The summed E-state index contributed by atoms with van der Waals surface area (Å²) >= 11 is 0. The third kappa shape index (κ3) is 2.97. The number of hydrogen-bond donors (Lipinski definition) is 0. The zero-order valence-corrected chi connectivity index (χ0v) is 16.1. The Morgan fingerprint density at radius 2 is 1.55 bits per heavy atom. The summed E-state index contributed by atoms with van der Waals surface area (Å²) in [5.74, 6) is -0.919. The number of hydrogen-bond acceptors (Lipinski definition) is 3. The van der Waals surface area contributed by atoms with E-state index in [1.165, 1.54) is 16.0 Å². The minimum Gasteiger partial charge on any atom is -0.334 e. The Labute approximate surface area is 169 Å². The van der Waals surface area contributed by atoms with Crippen LogP contribution < -0.4 is 4.90 Å². The van der Waals surface area contributed by atoms with E-state index < -0.39 is 0 Å². The minimum absolute atomic E-state index is 0.0699. The Morgan fingerprint density at radius 3 is 2.28 bits per heavy atom. The van der Waals surface area contributed by atoms with Gasteiger partial charge in [0.2, 0.25) is 11.8 Å². The zero-order chi connectivity index (χ0) is 20.0. The van der Waals surface area contributed by atoms with Crippen LogP contribution in [0, 0.1) is 11.8 Å². The molecule has 1 aliphatic carbocycles. The number of allylic oxidation sites excluding steroid dienone is 2. The van der Waals surface area contributed by atoms with Crippen molar-refractivity contribution in [3.05, 3.63) is 77.4 Å². The van der Waals surface area contributed by atoms with Crippen molar-refractivity contribution in [1.82, 2.24) is 4.90 Å². The number of benzene rings is 2. The SMILES string of the molecule is O=C(c1cccc(N2C(=O)[C@@H]3CC=CC[C@H]3C2=O)c1)N1CCc2ccccc2C1. The maximum Gasteiger partial charge on any atom is 0.254 e. The molecule has 2 atom stereocenters. The molecule has 2 aromatic rings. The molecule has 29 heavy (non-hydrogen) atoms. The van der Waals surface area contributed by atoms with E-state index in [2.05, 4.69) is 12.1 Å². The molecule has 0 unspecified atom stereocenters. The molecule has 3 amide bonds. The molecular weight excluding hydrogens is 364 g/mol. The first-order chi connectivity index (χ1) is 14.1. The highest BCUT2D eigenvalue weighted by Crippen LogP contribution is 2.37. The van der Waals surface area contributed by atoms with Crippen LogP contribution in [0.25, 0.3) is 0 Å². The summed E-state index contributed by atoms with van der Waals surface area (Å²) in [6, 6.07) is 15.1. The van der Waals surface area contributed by atoms with E-state index in [0.29, 0.717) is 37.2 Å². The number of anilines is 1. The van der Waals surface area contributed by atoms with Crippen molar-refractivity contribution >= 4 is 23.4 Å².